The Labute approximate surface area is 171 Å². The monoisotopic (exact) mass is 404 g/mol. The van der Waals surface area contributed by atoms with Crippen LogP contribution < -0.4 is 5.69 Å². The maximum Gasteiger partial charge on any atom is 0.345 e. The highest BCUT2D eigenvalue weighted by Gasteiger charge is 2.24. The third-order valence-electron chi connectivity index (χ3n) is 5.71. The van der Waals surface area contributed by atoms with Gasteiger partial charge in [0.15, 0.2) is 0 Å². The fourth-order valence-electron chi connectivity index (χ4n) is 3.84. The zero-order valence-electron chi connectivity index (χ0n) is 17.9. The number of fused-ring (bicyclic) bond motifs is 1. The smallest absolute Gasteiger partial charge is 0.345 e. The Morgan fingerprint density at radius 1 is 1.34 bits per heavy atom. The minimum absolute atomic E-state index is 0.0791. The van der Waals surface area contributed by atoms with Crippen LogP contribution in [0, 0.1) is 12.8 Å². The van der Waals surface area contributed by atoms with E-state index in [0.29, 0.717) is 32.7 Å². The SMILES string of the molecule is CCn1cc(CN(C)C(=O)CC2CCc3nn(CCOC)c(=O)n3CC2)c(C)n1. The van der Waals surface area contributed by atoms with Crippen LogP contribution >= 0.6 is 0 Å². The molecule has 29 heavy (non-hydrogen) atoms. The summed E-state index contributed by atoms with van der Waals surface area (Å²) in [6.07, 6.45) is 4.92. The largest absolute Gasteiger partial charge is 0.383 e. The quantitative estimate of drug-likeness (QED) is 0.660. The third-order valence-corrected chi connectivity index (χ3v) is 5.71. The maximum absolute atomic E-state index is 12.8. The van der Waals surface area contributed by atoms with Crippen LogP contribution in [0.25, 0.3) is 0 Å². The van der Waals surface area contributed by atoms with Crippen molar-refractivity contribution in [2.45, 2.75) is 65.7 Å². The number of hydrogen-bond donors (Lipinski definition) is 0. The second-order valence-corrected chi connectivity index (χ2v) is 7.81. The summed E-state index contributed by atoms with van der Waals surface area (Å²) in [7, 11) is 3.46. The molecule has 3 heterocycles. The average Bonchev–Trinajstić information content (AvgIpc) is 3.13. The van der Waals surface area contributed by atoms with Crippen molar-refractivity contribution in [3.63, 3.8) is 0 Å². The predicted molar refractivity (Wildman–Crippen MR) is 109 cm³/mol. The predicted octanol–water partition coefficient (Wildman–Crippen LogP) is 1.22. The number of aryl methyl sites for hydroxylation is 3. The van der Waals surface area contributed by atoms with Gasteiger partial charge in [-0.15, -0.1) is 0 Å². The van der Waals surface area contributed by atoms with Gasteiger partial charge in [-0.1, -0.05) is 0 Å². The zero-order valence-corrected chi connectivity index (χ0v) is 17.9. The minimum Gasteiger partial charge on any atom is -0.383 e. The second-order valence-electron chi connectivity index (χ2n) is 7.81. The number of rotatable bonds is 8. The molecule has 0 saturated carbocycles. The van der Waals surface area contributed by atoms with Gasteiger partial charge in [-0.3, -0.25) is 14.0 Å². The molecule has 0 aromatic carbocycles. The number of aromatic nitrogens is 5. The number of carbonyl (C=O) groups is 1. The Bertz CT molecular complexity index is 897. The lowest BCUT2D eigenvalue weighted by Gasteiger charge is -2.20. The fourth-order valence-corrected chi connectivity index (χ4v) is 3.84. The van der Waals surface area contributed by atoms with E-state index in [9.17, 15) is 9.59 Å². The number of amides is 1. The lowest BCUT2D eigenvalue weighted by Crippen LogP contribution is -2.29. The molecular formula is C20H32N6O3. The number of carbonyl (C=O) groups excluding carboxylic acids is 1. The van der Waals surface area contributed by atoms with Crippen LogP contribution in [0.4, 0.5) is 0 Å². The first-order valence-electron chi connectivity index (χ1n) is 10.3. The van der Waals surface area contributed by atoms with Crippen LogP contribution in [0.1, 0.15) is 43.3 Å². The third kappa shape index (κ3) is 4.95. The lowest BCUT2D eigenvalue weighted by atomic mass is 9.96. The first-order chi connectivity index (χ1) is 13.9. The molecule has 1 unspecified atom stereocenters. The Morgan fingerprint density at radius 2 is 2.14 bits per heavy atom. The van der Waals surface area contributed by atoms with Gasteiger partial charge in [0, 0.05) is 58.4 Å². The highest BCUT2D eigenvalue weighted by Crippen LogP contribution is 2.22. The molecule has 9 heteroatoms. The lowest BCUT2D eigenvalue weighted by molar-refractivity contribution is -0.131. The summed E-state index contributed by atoms with van der Waals surface area (Å²) in [5.41, 5.74) is 1.97. The van der Waals surface area contributed by atoms with Crippen LogP contribution in [-0.4, -0.2) is 55.7 Å². The molecule has 1 atom stereocenters. The molecule has 1 amide bonds. The molecule has 0 spiro atoms. The van der Waals surface area contributed by atoms with Gasteiger partial charge in [-0.25, -0.2) is 9.48 Å². The Morgan fingerprint density at radius 3 is 2.83 bits per heavy atom. The number of hydrogen-bond acceptors (Lipinski definition) is 5. The van der Waals surface area contributed by atoms with E-state index in [0.717, 1.165) is 42.9 Å². The number of nitrogens with zero attached hydrogens (tertiary/aromatic N) is 6. The summed E-state index contributed by atoms with van der Waals surface area (Å²) in [4.78, 5) is 27.0. The summed E-state index contributed by atoms with van der Waals surface area (Å²) in [6.45, 7) is 6.98. The zero-order chi connectivity index (χ0) is 21.0. The Balaban J connectivity index is 1.56. The highest BCUT2D eigenvalue weighted by atomic mass is 16.5. The van der Waals surface area contributed by atoms with Gasteiger partial charge in [0.1, 0.15) is 5.82 Å². The highest BCUT2D eigenvalue weighted by molar-refractivity contribution is 5.76. The van der Waals surface area contributed by atoms with Gasteiger partial charge in [0.05, 0.1) is 18.8 Å². The summed E-state index contributed by atoms with van der Waals surface area (Å²) in [6, 6.07) is 0. The van der Waals surface area contributed by atoms with Crippen LogP contribution in [0.3, 0.4) is 0 Å². The molecule has 1 aliphatic rings. The molecule has 0 fully saturated rings. The van der Waals surface area contributed by atoms with E-state index in [-0.39, 0.29) is 17.5 Å². The van der Waals surface area contributed by atoms with Crippen molar-refractivity contribution in [1.82, 2.24) is 29.0 Å². The Kier molecular flexibility index (Phi) is 6.89. The first-order valence-corrected chi connectivity index (χ1v) is 10.3. The summed E-state index contributed by atoms with van der Waals surface area (Å²) in [5, 5.41) is 8.91. The topological polar surface area (TPSA) is 87.2 Å². The standard InChI is InChI=1S/C20H32N6O3/c1-5-24-14-17(15(2)21-24)13-23(3)19(27)12-16-6-7-18-22-26(10-11-29-4)20(28)25(18)9-8-16/h14,16H,5-13H2,1-4H3. The molecule has 2 aromatic heterocycles. The van der Waals surface area contributed by atoms with E-state index in [1.165, 1.54) is 4.68 Å². The maximum atomic E-state index is 12.8. The summed E-state index contributed by atoms with van der Waals surface area (Å²) >= 11 is 0. The van der Waals surface area contributed by atoms with Gasteiger partial charge in [-0.2, -0.15) is 10.2 Å². The molecule has 9 nitrogen and oxygen atoms in total. The van der Waals surface area contributed by atoms with Gasteiger partial charge in [0.2, 0.25) is 5.91 Å². The molecule has 0 radical (unpaired) electrons. The molecule has 0 saturated heterocycles. The van der Waals surface area contributed by atoms with Crippen molar-refractivity contribution < 1.29 is 9.53 Å². The van der Waals surface area contributed by atoms with Crippen molar-refractivity contribution in [2.75, 3.05) is 20.8 Å². The van der Waals surface area contributed by atoms with Crippen molar-refractivity contribution >= 4 is 5.91 Å². The molecule has 3 rings (SSSR count). The normalized spacial score (nSPS) is 16.5. The number of methoxy groups -OCH3 is 1. The van der Waals surface area contributed by atoms with Crippen LogP contribution in [0.5, 0.6) is 0 Å². The molecule has 0 bridgehead atoms. The van der Waals surface area contributed by atoms with Crippen LogP contribution in [-0.2, 0) is 42.1 Å². The minimum atomic E-state index is -0.0791. The van der Waals surface area contributed by atoms with Gasteiger partial charge >= 0.3 is 5.69 Å². The van der Waals surface area contributed by atoms with Gasteiger partial charge in [0.25, 0.3) is 0 Å². The van der Waals surface area contributed by atoms with E-state index in [2.05, 4.69) is 10.2 Å². The fraction of sp³-hybridized carbons (Fsp3) is 0.700. The number of ether oxygens (including phenoxy) is 1. The van der Waals surface area contributed by atoms with E-state index < -0.39 is 0 Å². The first kappa shape index (κ1) is 21.3. The van der Waals surface area contributed by atoms with Gasteiger partial charge < -0.3 is 9.64 Å². The van der Waals surface area contributed by atoms with E-state index in [4.69, 9.17) is 4.74 Å². The van der Waals surface area contributed by atoms with Crippen LogP contribution in [0.15, 0.2) is 11.0 Å². The van der Waals surface area contributed by atoms with Gasteiger partial charge in [-0.05, 0) is 32.6 Å². The molecule has 2 aromatic rings. The van der Waals surface area contributed by atoms with Crippen LogP contribution in [0.2, 0.25) is 0 Å². The van der Waals surface area contributed by atoms with E-state index in [1.54, 1.807) is 16.6 Å². The van der Waals surface area contributed by atoms with E-state index in [1.807, 2.05) is 31.8 Å². The summed E-state index contributed by atoms with van der Waals surface area (Å²) < 4.78 is 10.2. The molecule has 160 valence electrons. The van der Waals surface area contributed by atoms with E-state index >= 15 is 0 Å². The van der Waals surface area contributed by atoms with Crippen molar-refractivity contribution in [1.29, 1.82) is 0 Å². The van der Waals surface area contributed by atoms with Crippen molar-refractivity contribution in [3.05, 3.63) is 33.8 Å². The Hall–Kier alpha value is -2.42. The van der Waals surface area contributed by atoms with Crippen molar-refractivity contribution in [2.24, 2.45) is 5.92 Å². The summed E-state index contributed by atoms with van der Waals surface area (Å²) in [5.74, 6) is 1.21. The molecular weight excluding hydrogens is 372 g/mol. The molecule has 0 N–H and O–H groups in total. The molecule has 1 aliphatic heterocycles. The second kappa shape index (κ2) is 9.39. The van der Waals surface area contributed by atoms with Crippen molar-refractivity contribution in [3.8, 4) is 0 Å². The average molecular weight is 405 g/mol. The molecule has 0 aliphatic carbocycles.